The van der Waals surface area contributed by atoms with E-state index < -0.39 is 17.5 Å². The molecule has 1 unspecified atom stereocenters. The zero-order chi connectivity index (χ0) is 14.0. The van der Waals surface area contributed by atoms with Crippen LogP contribution in [-0.2, 0) is 0 Å². The van der Waals surface area contributed by atoms with Crippen LogP contribution in [0.1, 0.15) is 18.5 Å². The molecule has 0 radical (unpaired) electrons. The number of halogens is 3. The highest BCUT2D eigenvalue weighted by molar-refractivity contribution is 5.65. The SMILES string of the molecule is CNC(C)c1ccc(F)c(-c2cc(F)cc(F)c2)c1. The Bertz CT molecular complexity index is 576. The number of hydrogen-bond donors (Lipinski definition) is 1. The van der Waals surface area contributed by atoms with Crippen LogP contribution in [0, 0.1) is 17.5 Å². The van der Waals surface area contributed by atoms with Crippen molar-refractivity contribution in [2.75, 3.05) is 7.05 Å². The Labute approximate surface area is 110 Å². The van der Waals surface area contributed by atoms with Gasteiger partial charge in [0.25, 0.3) is 0 Å². The van der Waals surface area contributed by atoms with Crippen molar-refractivity contribution in [2.45, 2.75) is 13.0 Å². The molecule has 1 N–H and O–H groups in total. The van der Waals surface area contributed by atoms with Crippen molar-refractivity contribution in [1.82, 2.24) is 5.32 Å². The molecule has 2 aromatic carbocycles. The van der Waals surface area contributed by atoms with Crippen LogP contribution < -0.4 is 5.32 Å². The van der Waals surface area contributed by atoms with Gasteiger partial charge in [-0.3, -0.25) is 0 Å². The van der Waals surface area contributed by atoms with Gasteiger partial charge < -0.3 is 5.32 Å². The van der Waals surface area contributed by atoms with Gasteiger partial charge in [-0.15, -0.1) is 0 Å². The molecule has 0 bridgehead atoms. The Morgan fingerprint density at radius 3 is 2.16 bits per heavy atom. The van der Waals surface area contributed by atoms with Gasteiger partial charge in [0.1, 0.15) is 17.5 Å². The fourth-order valence-corrected chi connectivity index (χ4v) is 1.91. The summed E-state index contributed by atoms with van der Waals surface area (Å²) in [7, 11) is 1.79. The Kier molecular flexibility index (Phi) is 3.90. The summed E-state index contributed by atoms with van der Waals surface area (Å²) < 4.78 is 40.2. The third kappa shape index (κ3) is 2.96. The van der Waals surface area contributed by atoms with E-state index in [1.54, 1.807) is 19.2 Å². The van der Waals surface area contributed by atoms with Gasteiger partial charge >= 0.3 is 0 Å². The van der Waals surface area contributed by atoms with Gasteiger partial charge in [-0.1, -0.05) is 6.07 Å². The topological polar surface area (TPSA) is 12.0 Å². The minimum atomic E-state index is -0.721. The lowest BCUT2D eigenvalue weighted by molar-refractivity contribution is 0.583. The molecule has 2 aromatic rings. The molecule has 0 aliphatic rings. The fourth-order valence-electron chi connectivity index (χ4n) is 1.91. The predicted molar refractivity (Wildman–Crippen MR) is 69.2 cm³/mol. The van der Waals surface area contributed by atoms with E-state index in [4.69, 9.17) is 0 Å². The average Bonchev–Trinajstić information content (AvgIpc) is 2.37. The standard InChI is InChI=1S/C15H14F3N/c1-9(19-2)10-3-4-15(18)14(7-10)11-5-12(16)8-13(17)6-11/h3-9,19H,1-2H3. The first kappa shape index (κ1) is 13.6. The van der Waals surface area contributed by atoms with Crippen molar-refractivity contribution in [1.29, 1.82) is 0 Å². The Hall–Kier alpha value is -1.81. The van der Waals surface area contributed by atoms with Crippen molar-refractivity contribution < 1.29 is 13.2 Å². The van der Waals surface area contributed by atoms with E-state index in [0.717, 1.165) is 23.8 Å². The second-order valence-electron chi connectivity index (χ2n) is 4.41. The summed E-state index contributed by atoms with van der Waals surface area (Å²) in [5, 5.41) is 3.03. The van der Waals surface area contributed by atoms with Gasteiger partial charge in [-0.05, 0) is 49.4 Å². The molecule has 1 atom stereocenters. The molecule has 1 nitrogen and oxygen atoms in total. The molecule has 0 spiro atoms. The summed E-state index contributed by atoms with van der Waals surface area (Å²) in [6, 6.07) is 7.59. The number of rotatable bonds is 3. The Morgan fingerprint density at radius 2 is 1.58 bits per heavy atom. The van der Waals surface area contributed by atoms with E-state index in [1.807, 2.05) is 6.92 Å². The van der Waals surface area contributed by atoms with Crippen LogP contribution in [0.25, 0.3) is 11.1 Å². The second-order valence-corrected chi connectivity index (χ2v) is 4.41. The zero-order valence-corrected chi connectivity index (χ0v) is 10.7. The largest absolute Gasteiger partial charge is 0.313 e. The molecule has 0 saturated carbocycles. The maximum atomic E-state index is 13.8. The van der Waals surface area contributed by atoms with E-state index in [1.165, 1.54) is 6.07 Å². The normalized spacial score (nSPS) is 12.5. The van der Waals surface area contributed by atoms with Crippen LogP contribution in [0.4, 0.5) is 13.2 Å². The maximum absolute atomic E-state index is 13.8. The lowest BCUT2D eigenvalue weighted by Crippen LogP contribution is -2.12. The van der Waals surface area contributed by atoms with Crippen molar-refractivity contribution in [3.05, 3.63) is 59.4 Å². The number of hydrogen-bond acceptors (Lipinski definition) is 1. The molecule has 2 rings (SSSR count). The van der Waals surface area contributed by atoms with Gasteiger partial charge in [-0.25, -0.2) is 13.2 Å². The predicted octanol–water partition coefficient (Wildman–Crippen LogP) is 4.05. The van der Waals surface area contributed by atoms with Crippen molar-refractivity contribution in [3.8, 4) is 11.1 Å². The molecule has 4 heteroatoms. The van der Waals surface area contributed by atoms with E-state index in [2.05, 4.69) is 5.32 Å². The molecule has 100 valence electrons. The highest BCUT2D eigenvalue weighted by Gasteiger charge is 2.11. The monoisotopic (exact) mass is 265 g/mol. The van der Waals surface area contributed by atoms with Crippen LogP contribution in [-0.4, -0.2) is 7.05 Å². The second kappa shape index (κ2) is 5.45. The van der Waals surface area contributed by atoms with E-state index >= 15 is 0 Å². The fraction of sp³-hybridized carbons (Fsp3) is 0.200. The van der Waals surface area contributed by atoms with Gasteiger partial charge in [0.05, 0.1) is 0 Å². The quantitative estimate of drug-likeness (QED) is 0.882. The number of benzene rings is 2. The van der Waals surface area contributed by atoms with Crippen LogP contribution >= 0.6 is 0 Å². The highest BCUT2D eigenvalue weighted by atomic mass is 19.1. The summed E-state index contributed by atoms with van der Waals surface area (Å²) in [5.74, 6) is -1.94. The molecule has 0 aliphatic heterocycles. The summed E-state index contributed by atoms with van der Waals surface area (Å²) in [4.78, 5) is 0. The van der Waals surface area contributed by atoms with Gasteiger partial charge in [-0.2, -0.15) is 0 Å². The minimum absolute atomic E-state index is 0.0257. The van der Waals surface area contributed by atoms with Crippen molar-refractivity contribution >= 4 is 0 Å². The van der Waals surface area contributed by atoms with E-state index in [9.17, 15) is 13.2 Å². The summed E-state index contributed by atoms with van der Waals surface area (Å²) in [5.41, 5.74) is 1.24. The summed E-state index contributed by atoms with van der Waals surface area (Å²) in [6.07, 6.45) is 0. The van der Waals surface area contributed by atoms with Gasteiger partial charge in [0.15, 0.2) is 0 Å². The zero-order valence-electron chi connectivity index (χ0n) is 10.7. The molecule has 0 aromatic heterocycles. The average molecular weight is 265 g/mol. The molecule has 0 heterocycles. The minimum Gasteiger partial charge on any atom is -0.313 e. The first-order valence-corrected chi connectivity index (χ1v) is 5.94. The Balaban J connectivity index is 2.54. The first-order valence-electron chi connectivity index (χ1n) is 5.94. The van der Waals surface area contributed by atoms with Crippen LogP contribution in [0.3, 0.4) is 0 Å². The number of nitrogens with one attached hydrogen (secondary N) is 1. The summed E-state index contributed by atoms with van der Waals surface area (Å²) >= 11 is 0. The lowest BCUT2D eigenvalue weighted by atomic mass is 9.99. The molecule has 0 amide bonds. The van der Waals surface area contributed by atoms with Crippen LogP contribution in [0.15, 0.2) is 36.4 Å². The molecular weight excluding hydrogens is 251 g/mol. The highest BCUT2D eigenvalue weighted by Crippen LogP contribution is 2.27. The lowest BCUT2D eigenvalue weighted by Gasteiger charge is -2.13. The van der Waals surface area contributed by atoms with E-state index in [0.29, 0.717) is 0 Å². The smallest absolute Gasteiger partial charge is 0.131 e. The molecule has 19 heavy (non-hydrogen) atoms. The van der Waals surface area contributed by atoms with Crippen LogP contribution in [0.2, 0.25) is 0 Å². The third-order valence-electron chi connectivity index (χ3n) is 3.10. The molecule has 0 fully saturated rings. The first-order chi connectivity index (χ1) is 9.01. The molecular formula is C15H14F3N. The van der Waals surface area contributed by atoms with Crippen molar-refractivity contribution in [2.24, 2.45) is 0 Å². The molecule has 0 saturated heterocycles. The summed E-state index contributed by atoms with van der Waals surface area (Å²) in [6.45, 7) is 1.92. The van der Waals surface area contributed by atoms with Gasteiger partial charge in [0.2, 0.25) is 0 Å². The van der Waals surface area contributed by atoms with Crippen molar-refractivity contribution in [3.63, 3.8) is 0 Å². The third-order valence-corrected chi connectivity index (χ3v) is 3.10. The van der Waals surface area contributed by atoms with E-state index in [-0.39, 0.29) is 17.2 Å². The molecule has 0 aliphatic carbocycles. The Morgan fingerprint density at radius 1 is 0.947 bits per heavy atom. The van der Waals surface area contributed by atoms with Gasteiger partial charge in [0, 0.05) is 17.7 Å². The van der Waals surface area contributed by atoms with Crippen LogP contribution in [0.5, 0.6) is 0 Å². The maximum Gasteiger partial charge on any atom is 0.131 e.